The van der Waals surface area contributed by atoms with E-state index in [4.69, 9.17) is 14.7 Å². The highest BCUT2D eigenvalue weighted by Gasteiger charge is 2.32. The van der Waals surface area contributed by atoms with Crippen LogP contribution >= 0.6 is 0 Å². The standard InChI is InChI=1S/C16H17N3O4/c1-10-13(15(20)23-8-4-7-17)14(19-16(21)18-10)11-5-3-6-12(9-11)22-2/h3,5-6,9,14H,4,8H2,1-2H3,(H2,18,19,21)/t14-/m1/s1. The predicted octanol–water partition coefficient (Wildman–Crippen LogP) is 1.78. The maximum absolute atomic E-state index is 12.3. The molecular formula is C16H17N3O4. The van der Waals surface area contributed by atoms with E-state index in [0.717, 1.165) is 0 Å². The summed E-state index contributed by atoms with van der Waals surface area (Å²) in [5.74, 6) is 0.0446. The number of nitrogens with one attached hydrogen (secondary N) is 2. The summed E-state index contributed by atoms with van der Waals surface area (Å²) < 4.78 is 10.3. The first kappa shape index (κ1) is 16.4. The Hall–Kier alpha value is -3.01. The van der Waals surface area contributed by atoms with Crippen LogP contribution in [0.15, 0.2) is 35.5 Å². The van der Waals surface area contributed by atoms with Crippen molar-refractivity contribution in [2.75, 3.05) is 13.7 Å². The fraction of sp³-hybridized carbons (Fsp3) is 0.312. The number of rotatable bonds is 5. The second kappa shape index (κ2) is 7.31. The van der Waals surface area contributed by atoms with Crippen LogP contribution in [0.4, 0.5) is 4.79 Å². The predicted molar refractivity (Wildman–Crippen MR) is 81.3 cm³/mol. The first-order chi connectivity index (χ1) is 11.1. The van der Waals surface area contributed by atoms with E-state index in [-0.39, 0.29) is 13.0 Å². The van der Waals surface area contributed by atoms with Crippen LogP contribution in [-0.4, -0.2) is 25.7 Å². The van der Waals surface area contributed by atoms with Crippen molar-refractivity contribution in [1.29, 1.82) is 5.26 Å². The lowest BCUT2D eigenvalue weighted by atomic mass is 9.95. The molecule has 0 bridgehead atoms. The largest absolute Gasteiger partial charge is 0.497 e. The van der Waals surface area contributed by atoms with Crippen molar-refractivity contribution >= 4 is 12.0 Å². The number of nitrogens with zero attached hydrogens (tertiary/aromatic N) is 1. The first-order valence-corrected chi connectivity index (χ1v) is 7.03. The van der Waals surface area contributed by atoms with Crippen LogP contribution in [0.1, 0.15) is 24.9 Å². The van der Waals surface area contributed by atoms with Gasteiger partial charge in [-0.1, -0.05) is 12.1 Å². The third kappa shape index (κ3) is 3.80. The van der Waals surface area contributed by atoms with Crippen molar-refractivity contribution in [2.45, 2.75) is 19.4 Å². The SMILES string of the molecule is COc1cccc([C@H]2NC(=O)NC(C)=C2C(=O)OCCC#N)c1. The number of carbonyl (C=O) groups excluding carboxylic acids is 2. The first-order valence-electron chi connectivity index (χ1n) is 7.03. The molecule has 1 aromatic rings. The Balaban J connectivity index is 2.34. The summed E-state index contributed by atoms with van der Waals surface area (Å²) in [6.45, 7) is 1.64. The molecule has 1 aliphatic rings. The van der Waals surface area contributed by atoms with Gasteiger partial charge < -0.3 is 20.1 Å². The van der Waals surface area contributed by atoms with Crippen molar-refractivity contribution < 1.29 is 19.1 Å². The molecule has 7 heteroatoms. The maximum atomic E-state index is 12.3. The summed E-state index contributed by atoms with van der Waals surface area (Å²) in [7, 11) is 1.54. The zero-order chi connectivity index (χ0) is 16.8. The number of carbonyl (C=O) groups is 2. The molecule has 0 saturated heterocycles. The molecule has 2 rings (SSSR count). The van der Waals surface area contributed by atoms with Crippen LogP contribution < -0.4 is 15.4 Å². The Kier molecular flexibility index (Phi) is 5.20. The summed E-state index contributed by atoms with van der Waals surface area (Å²) in [5.41, 5.74) is 1.42. The van der Waals surface area contributed by atoms with E-state index in [9.17, 15) is 9.59 Å². The van der Waals surface area contributed by atoms with Crippen molar-refractivity contribution in [3.8, 4) is 11.8 Å². The van der Waals surface area contributed by atoms with E-state index in [1.165, 1.54) is 7.11 Å². The number of nitriles is 1. The topological polar surface area (TPSA) is 100 Å². The van der Waals surface area contributed by atoms with Gasteiger partial charge in [0.2, 0.25) is 0 Å². The molecule has 0 fully saturated rings. The molecule has 0 spiro atoms. The Morgan fingerprint density at radius 3 is 2.91 bits per heavy atom. The van der Waals surface area contributed by atoms with Gasteiger partial charge in [0.1, 0.15) is 12.4 Å². The minimum Gasteiger partial charge on any atom is -0.497 e. The molecule has 1 aromatic carbocycles. The monoisotopic (exact) mass is 315 g/mol. The fourth-order valence-corrected chi connectivity index (χ4v) is 2.30. The normalized spacial score (nSPS) is 16.9. The van der Waals surface area contributed by atoms with E-state index in [1.807, 2.05) is 6.07 Å². The number of urea groups is 1. The summed E-state index contributed by atoms with van der Waals surface area (Å²) in [4.78, 5) is 24.1. The molecule has 1 atom stereocenters. The van der Waals surface area contributed by atoms with Gasteiger partial charge in [0, 0.05) is 5.70 Å². The molecule has 7 nitrogen and oxygen atoms in total. The summed E-state index contributed by atoms with van der Waals surface area (Å²) in [6.07, 6.45) is 0.113. The Labute approximate surface area is 133 Å². The van der Waals surface area contributed by atoms with Gasteiger partial charge in [-0.05, 0) is 24.6 Å². The van der Waals surface area contributed by atoms with Gasteiger partial charge in [-0.15, -0.1) is 0 Å². The molecular weight excluding hydrogens is 298 g/mol. The molecule has 0 aromatic heterocycles. The average molecular weight is 315 g/mol. The van der Waals surface area contributed by atoms with Crippen LogP contribution in [0.5, 0.6) is 5.75 Å². The number of esters is 1. The van der Waals surface area contributed by atoms with E-state index in [1.54, 1.807) is 31.2 Å². The lowest BCUT2D eigenvalue weighted by molar-refractivity contribution is -0.139. The van der Waals surface area contributed by atoms with Crippen molar-refractivity contribution in [3.05, 3.63) is 41.1 Å². The van der Waals surface area contributed by atoms with Gasteiger partial charge in [-0.2, -0.15) is 5.26 Å². The summed E-state index contributed by atoms with van der Waals surface area (Å²) in [6, 6.07) is 7.94. The smallest absolute Gasteiger partial charge is 0.338 e. The van der Waals surface area contributed by atoms with E-state index in [2.05, 4.69) is 10.6 Å². The van der Waals surface area contributed by atoms with E-state index < -0.39 is 18.0 Å². The number of benzene rings is 1. The number of hydrogen-bond acceptors (Lipinski definition) is 5. The van der Waals surface area contributed by atoms with E-state index >= 15 is 0 Å². The fourth-order valence-electron chi connectivity index (χ4n) is 2.30. The summed E-state index contributed by atoms with van der Waals surface area (Å²) in [5, 5.41) is 13.8. The molecule has 0 aliphatic carbocycles. The van der Waals surface area contributed by atoms with Crippen LogP contribution in [0.25, 0.3) is 0 Å². The molecule has 2 amide bonds. The minimum atomic E-state index is -0.645. The van der Waals surface area contributed by atoms with Gasteiger partial charge >= 0.3 is 12.0 Å². The molecule has 23 heavy (non-hydrogen) atoms. The Morgan fingerprint density at radius 2 is 2.22 bits per heavy atom. The molecule has 1 aliphatic heterocycles. The molecule has 0 radical (unpaired) electrons. The Morgan fingerprint density at radius 1 is 1.43 bits per heavy atom. The second-order valence-electron chi connectivity index (χ2n) is 4.89. The molecule has 2 N–H and O–H groups in total. The number of ether oxygens (including phenoxy) is 2. The van der Waals surface area contributed by atoms with Crippen LogP contribution in [0.3, 0.4) is 0 Å². The van der Waals surface area contributed by atoms with Crippen LogP contribution in [0, 0.1) is 11.3 Å². The zero-order valence-corrected chi connectivity index (χ0v) is 12.9. The zero-order valence-electron chi connectivity index (χ0n) is 12.9. The van der Waals surface area contributed by atoms with Crippen LogP contribution in [-0.2, 0) is 9.53 Å². The number of allylic oxidation sites excluding steroid dienone is 1. The highest BCUT2D eigenvalue weighted by Crippen LogP contribution is 2.29. The number of amides is 2. The highest BCUT2D eigenvalue weighted by molar-refractivity contribution is 5.95. The van der Waals surface area contributed by atoms with Crippen LogP contribution in [0.2, 0.25) is 0 Å². The third-order valence-corrected chi connectivity index (χ3v) is 3.36. The van der Waals surface area contributed by atoms with Crippen molar-refractivity contribution in [3.63, 3.8) is 0 Å². The number of hydrogen-bond donors (Lipinski definition) is 2. The minimum absolute atomic E-state index is 0.00485. The Bertz CT molecular complexity index is 691. The highest BCUT2D eigenvalue weighted by atomic mass is 16.5. The second-order valence-corrected chi connectivity index (χ2v) is 4.89. The third-order valence-electron chi connectivity index (χ3n) is 3.36. The van der Waals surface area contributed by atoms with Crippen molar-refractivity contribution in [2.24, 2.45) is 0 Å². The molecule has 1 heterocycles. The lowest BCUT2D eigenvalue weighted by Crippen LogP contribution is -2.45. The van der Waals surface area contributed by atoms with Gasteiger partial charge in [0.15, 0.2) is 0 Å². The quantitative estimate of drug-likeness (QED) is 0.637. The number of methoxy groups -OCH3 is 1. The molecule has 120 valence electrons. The summed E-state index contributed by atoms with van der Waals surface area (Å²) >= 11 is 0. The van der Waals surface area contributed by atoms with E-state index in [0.29, 0.717) is 22.6 Å². The van der Waals surface area contributed by atoms with Gasteiger partial charge in [0.25, 0.3) is 0 Å². The molecule has 0 saturated carbocycles. The molecule has 0 unspecified atom stereocenters. The van der Waals surface area contributed by atoms with Crippen molar-refractivity contribution in [1.82, 2.24) is 10.6 Å². The lowest BCUT2D eigenvalue weighted by Gasteiger charge is -2.28. The maximum Gasteiger partial charge on any atom is 0.338 e. The van der Waals surface area contributed by atoms with Gasteiger partial charge in [0.05, 0.1) is 31.2 Å². The average Bonchev–Trinajstić information content (AvgIpc) is 2.54. The van der Waals surface area contributed by atoms with Gasteiger partial charge in [-0.3, -0.25) is 0 Å². The van der Waals surface area contributed by atoms with Gasteiger partial charge in [-0.25, -0.2) is 9.59 Å².